The van der Waals surface area contributed by atoms with Gasteiger partial charge >= 0.3 is 0 Å². The highest BCUT2D eigenvalue weighted by atomic mass is 32.2. The second-order valence-electron chi connectivity index (χ2n) is 4.54. The van der Waals surface area contributed by atoms with Gasteiger partial charge in [-0.05, 0) is 51.9 Å². The van der Waals surface area contributed by atoms with E-state index in [2.05, 4.69) is 10.2 Å². The molecule has 0 aromatic rings. The lowest BCUT2D eigenvalue weighted by Gasteiger charge is -2.31. The summed E-state index contributed by atoms with van der Waals surface area (Å²) >= 11 is 0. The Hall–Kier alpha value is -0.170. The van der Waals surface area contributed by atoms with Gasteiger partial charge in [0.25, 0.3) is 0 Å². The van der Waals surface area contributed by atoms with Gasteiger partial charge in [-0.3, -0.25) is 0 Å². The van der Waals surface area contributed by atoms with Gasteiger partial charge in [0, 0.05) is 6.54 Å². The first-order valence-corrected chi connectivity index (χ1v) is 7.60. The highest BCUT2D eigenvalue weighted by Gasteiger charge is 2.19. The van der Waals surface area contributed by atoms with Crippen LogP contribution >= 0.6 is 0 Å². The predicted molar refractivity (Wildman–Crippen MR) is 65.7 cm³/mol. The van der Waals surface area contributed by atoms with Crippen LogP contribution in [0.5, 0.6) is 0 Å². The van der Waals surface area contributed by atoms with Crippen molar-refractivity contribution in [3.8, 4) is 0 Å². The standard InChI is InChI=1S/C10H23N3O2S/c1-12-5-2-10-3-6-13(7-4-10)8-9-16(11,14)15/h10,12H,2-9H2,1H3,(H2,11,14,15). The largest absolute Gasteiger partial charge is 0.320 e. The highest BCUT2D eigenvalue weighted by Crippen LogP contribution is 2.19. The lowest BCUT2D eigenvalue weighted by atomic mass is 9.94. The number of rotatable bonds is 6. The SMILES string of the molecule is CNCCC1CCN(CCS(N)(=O)=O)CC1. The highest BCUT2D eigenvalue weighted by molar-refractivity contribution is 7.89. The number of nitrogens with one attached hydrogen (secondary N) is 1. The molecule has 3 N–H and O–H groups in total. The number of piperidine rings is 1. The van der Waals surface area contributed by atoms with Gasteiger partial charge in [0.15, 0.2) is 0 Å². The monoisotopic (exact) mass is 249 g/mol. The Bertz CT molecular complexity index is 284. The molecule has 0 unspecified atom stereocenters. The van der Waals surface area contributed by atoms with E-state index in [1.807, 2.05) is 7.05 Å². The molecular weight excluding hydrogens is 226 g/mol. The van der Waals surface area contributed by atoms with Gasteiger partial charge < -0.3 is 10.2 Å². The van der Waals surface area contributed by atoms with Crippen molar-refractivity contribution in [1.82, 2.24) is 10.2 Å². The maximum Gasteiger partial charge on any atom is 0.210 e. The van der Waals surface area contributed by atoms with Crippen molar-refractivity contribution in [2.24, 2.45) is 11.1 Å². The molecule has 0 bridgehead atoms. The molecule has 96 valence electrons. The molecule has 1 aliphatic heterocycles. The topological polar surface area (TPSA) is 75.4 Å². The first-order valence-electron chi connectivity index (χ1n) is 5.88. The number of nitrogens with two attached hydrogens (primary N) is 1. The maximum atomic E-state index is 10.8. The molecule has 0 spiro atoms. The van der Waals surface area contributed by atoms with Crippen LogP contribution in [0.25, 0.3) is 0 Å². The third kappa shape index (κ3) is 5.79. The van der Waals surface area contributed by atoms with Crippen LogP contribution in [0.3, 0.4) is 0 Å². The Morgan fingerprint density at radius 1 is 1.38 bits per heavy atom. The van der Waals surface area contributed by atoms with E-state index in [9.17, 15) is 8.42 Å². The smallest absolute Gasteiger partial charge is 0.210 e. The van der Waals surface area contributed by atoms with Gasteiger partial charge in [-0.15, -0.1) is 0 Å². The van der Waals surface area contributed by atoms with Gasteiger partial charge in [0.05, 0.1) is 5.75 Å². The summed E-state index contributed by atoms with van der Waals surface area (Å²) in [5.74, 6) is 0.868. The Labute approximate surface area is 98.4 Å². The normalized spacial score (nSPS) is 20.1. The minimum Gasteiger partial charge on any atom is -0.320 e. The molecule has 1 rings (SSSR count). The molecule has 6 heteroatoms. The second kappa shape index (κ2) is 6.54. The molecule has 1 saturated heterocycles. The van der Waals surface area contributed by atoms with Gasteiger partial charge in [0.2, 0.25) is 10.0 Å². The van der Waals surface area contributed by atoms with Crippen molar-refractivity contribution in [2.75, 3.05) is 39.0 Å². The minimum absolute atomic E-state index is 0.0776. The average molecular weight is 249 g/mol. The van der Waals surface area contributed by atoms with Gasteiger partial charge in [-0.25, -0.2) is 13.6 Å². The van der Waals surface area contributed by atoms with Crippen molar-refractivity contribution in [2.45, 2.75) is 19.3 Å². The van der Waals surface area contributed by atoms with E-state index in [1.54, 1.807) is 0 Å². The van der Waals surface area contributed by atoms with Crippen molar-refractivity contribution in [3.63, 3.8) is 0 Å². The molecule has 0 amide bonds. The molecule has 1 aliphatic rings. The Morgan fingerprint density at radius 3 is 2.50 bits per heavy atom. The first kappa shape index (κ1) is 13.9. The maximum absolute atomic E-state index is 10.8. The fourth-order valence-corrected chi connectivity index (χ4v) is 2.62. The lowest BCUT2D eigenvalue weighted by Crippen LogP contribution is -2.38. The summed E-state index contributed by atoms with van der Waals surface area (Å²) in [5.41, 5.74) is 0. The quantitative estimate of drug-likeness (QED) is 0.671. The molecule has 1 heterocycles. The zero-order valence-corrected chi connectivity index (χ0v) is 10.8. The third-order valence-corrected chi connectivity index (χ3v) is 3.95. The zero-order chi connectivity index (χ0) is 12.0. The fraction of sp³-hybridized carbons (Fsp3) is 1.00. The Balaban J connectivity index is 2.17. The van der Waals surface area contributed by atoms with E-state index in [0.29, 0.717) is 6.54 Å². The molecule has 0 radical (unpaired) electrons. The average Bonchev–Trinajstić information content (AvgIpc) is 2.24. The molecular formula is C10H23N3O2S. The van der Waals surface area contributed by atoms with Gasteiger partial charge in [-0.2, -0.15) is 0 Å². The number of hydrogen-bond donors (Lipinski definition) is 2. The van der Waals surface area contributed by atoms with Crippen LogP contribution in [0, 0.1) is 5.92 Å². The lowest BCUT2D eigenvalue weighted by molar-refractivity contribution is 0.187. The van der Waals surface area contributed by atoms with Crippen LogP contribution in [0.2, 0.25) is 0 Å². The van der Waals surface area contributed by atoms with E-state index >= 15 is 0 Å². The number of likely N-dealkylation sites (tertiary alicyclic amines) is 1. The van der Waals surface area contributed by atoms with Gasteiger partial charge in [0.1, 0.15) is 0 Å². The van der Waals surface area contributed by atoms with E-state index in [-0.39, 0.29) is 5.75 Å². The molecule has 0 aliphatic carbocycles. The summed E-state index contributed by atoms with van der Waals surface area (Å²) in [5, 5.41) is 8.14. The molecule has 16 heavy (non-hydrogen) atoms. The number of sulfonamides is 1. The van der Waals surface area contributed by atoms with Crippen LogP contribution in [0.15, 0.2) is 0 Å². The van der Waals surface area contributed by atoms with E-state index in [0.717, 1.165) is 25.6 Å². The summed E-state index contributed by atoms with van der Waals surface area (Å²) in [6.07, 6.45) is 3.57. The summed E-state index contributed by atoms with van der Waals surface area (Å²) in [4.78, 5) is 2.19. The van der Waals surface area contributed by atoms with E-state index in [1.165, 1.54) is 19.3 Å². The molecule has 1 fully saturated rings. The summed E-state index contributed by atoms with van der Waals surface area (Å²) in [6, 6.07) is 0. The number of hydrogen-bond acceptors (Lipinski definition) is 4. The van der Waals surface area contributed by atoms with Crippen LogP contribution in [0.4, 0.5) is 0 Å². The summed E-state index contributed by atoms with van der Waals surface area (Å²) in [6.45, 7) is 3.66. The molecule has 0 aromatic heterocycles. The number of nitrogens with zero attached hydrogens (tertiary/aromatic N) is 1. The van der Waals surface area contributed by atoms with Crippen molar-refractivity contribution < 1.29 is 8.42 Å². The summed E-state index contributed by atoms with van der Waals surface area (Å²) in [7, 11) is -1.33. The van der Waals surface area contributed by atoms with Crippen LogP contribution in [-0.4, -0.2) is 52.3 Å². The molecule has 0 atom stereocenters. The molecule has 5 nitrogen and oxygen atoms in total. The van der Waals surface area contributed by atoms with E-state index in [4.69, 9.17) is 5.14 Å². The number of primary sulfonamides is 1. The molecule has 0 aromatic carbocycles. The minimum atomic E-state index is -3.30. The van der Waals surface area contributed by atoms with Gasteiger partial charge in [-0.1, -0.05) is 0 Å². The Morgan fingerprint density at radius 2 is 2.00 bits per heavy atom. The third-order valence-electron chi connectivity index (χ3n) is 3.20. The molecule has 0 saturated carbocycles. The van der Waals surface area contributed by atoms with Crippen LogP contribution in [0.1, 0.15) is 19.3 Å². The van der Waals surface area contributed by atoms with Crippen molar-refractivity contribution >= 4 is 10.0 Å². The van der Waals surface area contributed by atoms with Crippen molar-refractivity contribution in [3.05, 3.63) is 0 Å². The first-order chi connectivity index (χ1) is 7.51. The van der Waals surface area contributed by atoms with Crippen molar-refractivity contribution in [1.29, 1.82) is 0 Å². The van der Waals surface area contributed by atoms with Crippen LogP contribution in [-0.2, 0) is 10.0 Å². The zero-order valence-electron chi connectivity index (χ0n) is 9.98. The van der Waals surface area contributed by atoms with Crippen LogP contribution < -0.4 is 10.5 Å². The predicted octanol–water partition coefficient (Wildman–Crippen LogP) is -0.404. The van der Waals surface area contributed by atoms with E-state index < -0.39 is 10.0 Å². The fourth-order valence-electron chi connectivity index (χ4n) is 2.10. The Kier molecular flexibility index (Phi) is 5.68. The summed E-state index contributed by atoms with van der Waals surface area (Å²) < 4.78 is 21.6. The second-order valence-corrected chi connectivity index (χ2v) is 6.28.